The maximum Gasteiger partial charge on any atom is 0.241 e. The number of unbranched alkanes of at least 4 members (excludes halogenated alkanes) is 1. The number of ether oxygens (including phenoxy) is 1. The average Bonchev–Trinajstić information content (AvgIpc) is 2.53. The summed E-state index contributed by atoms with van der Waals surface area (Å²) in [5.41, 5.74) is 5.34. The van der Waals surface area contributed by atoms with Crippen molar-refractivity contribution in [2.24, 2.45) is 11.1 Å². The summed E-state index contributed by atoms with van der Waals surface area (Å²) in [7, 11) is 0. The van der Waals surface area contributed by atoms with Crippen molar-refractivity contribution in [3.8, 4) is 0 Å². The van der Waals surface area contributed by atoms with Gasteiger partial charge in [0.25, 0.3) is 0 Å². The zero-order valence-electron chi connectivity index (χ0n) is 15.4. The molecule has 1 saturated heterocycles. The monoisotopic (exact) mass is 325 g/mol. The number of amides is 1. The number of hydrogen-bond acceptors (Lipinski definition) is 4. The summed E-state index contributed by atoms with van der Waals surface area (Å²) >= 11 is 0. The fourth-order valence-electron chi connectivity index (χ4n) is 3.82. The van der Waals surface area contributed by atoms with E-state index in [0.717, 1.165) is 25.9 Å². The summed E-state index contributed by atoms with van der Waals surface area (Å²) in [6, 6.07) is 0.266. The minimum absolute atomic E-state index is 0.00506. The van der Waals surface area contributed by atoms with Crippen LogP contribution in [0.4, 0.5) is 0 Å². The molecule has 0 aromatic heterocycles. The number of hydrogen-bond donors (Lipinski definition) is 2. The highest BCUT2D eigenvalue weighted by Gasteiger charge is 2.63. The summed E-state index contributed by atoms with van der Waals surface area (Å²) in [6.07, 6.45) is 5.26. The van der Waals surface area contributed by atoms with Gasteiger partial charge in [0.1, 0.15) is 5.54 Å². The van der Waals surface area contributed by atoms with Crippen LogP contribution in [-0.4, -0.2) is 54.7 Å². The second-order valence-corrected chi connectivity index (χ2v) is 7.78. The Bertz CT molecular complexity index is 405. The lowest BCUT2D eigenvalue weighted by Crippen LogP contribution is -2.76. The van der Waals surface area contributed by atoms with Crippen molar-refractivity contribution in [2.45, 2.75) is 77.5 Å². The van der Waals surface area contributed by atoms with Gasteiger partial charge in [0.2, 0.25) is 5.91 Å². The molecule has 2 atom stereocenters. The number of rotatable bonds is 7. The lowest BCUT2D eigenvalue weighted by Gasteiger charge is -2.57. The Balaban J connectivity index is 1.82. The van der Waals surface area contributed by atoms with Crippen LogP contribution in [-0.2, 0) is 9.53 Å². The molecule has 0 spiro atoms. The first-order valence-corrected chi connectivity index (χ1v) is 9.29. The number of carbonyl (C=O) groups is 1. The van der Waals surface area contributed by atoms with E-state index in [1.54, 1.807) is 0 Å². The first-order chi connectivity index (χ1) is 10.8. The fourth-order valence-corrected chi connectivity index (χ4v) is 3.82. The Morgan fingerprint density at radius 1 is 1.30 bits per heavy atom. The molecule has 134 valence electrons. The van der Waals surface area contributed by atoms with E-state index in [-0.39, 0.29) is 23.5 Å². The SMILES string of the molecule is CCCCN1CCC(NC(=O)C2(N)CC(OCC)C2(C)C)CC1. The minimum Gasteiger partial charge on any atom is -0.378 e. The maximum absolute atomic E-state index is 12.7. The maximum atomic E-state index is 12.7. The second kappa shape index (κ2) is 7.49. The standard InChI is InChI=1S/C18H35N3O2/c1-5-7-10-21-11-8-14(9-12-21)20-16(22)18(19)13-15(23-6-2)17(18,3)4/h14-15H,5-13,19H2,1-4H3,(H,20,22). The van der Waals surface area contributed by atoms with E-state index in [1.807, 2.05) is 20.8 Å². The minimum atomic E-state index is -0.799. The van der Waals surface area contributed by atoms with Gasteiger partial charge >= 0.3 is 0 Å². The van der Waals surface area contributed by atoms with Crippen molar-refractivity contribution in [3.63, 3.8) is 0 Å². The highest BCUT2D eigenvalue weighted by atomic mass is 16.5. The number of carbonyl (C=O) groups excluding carboxylic acids is 1. The summed E-state index contributed by atoms with van der Waals surface area (Å²) in [5.74, 6) is 0.00506. The second-order valence-electron chi connectivity index (χ2n) is 7.78. The molecule has 2 aliphatic rings. The molecule has 0 radical (unpaired) electrons. The first kappa shape index (κ1) is 18.7. The van der Waals surface area contributed by atoms with E-state index in [1.165, 1.54) is 19.4 Å². The van der Waals surface area contributed by atoms with E-state index in [2.05, 4.69) is 17.1 Å². The van der Waals surface area contributed by atoms with Gasteiger partial charge in [-0.15, -0.1) is 0 Å². The van der Waals surface area contributed by atoms with Crippen LogP contribution in [0.25, 0.3) is 0 Å². The molecule has 0 bridgehead atoms. The zero-order chi connectivity index (χ0) is 17.1. The van der Waals surface area contributed by atoms with Crippen molar-refractivity contribution in [1.82, 2.24) is 10.2 Å². The van der Waals surface area contributed by atoms with Gasteiger partial charge in [0, 0.05) is 37.6 Å². The van der Waals surface area contributed by atoms with Crippen LogP contribution >= 0.6 is 0 Å². The van der Waals surface area contributed by atoms with Crippen molar-refractivity contribution >= 4 is 5.91 Å². The Morgan fingerprint density at radius 2 is 1.96 bits per heavy atom. The van der Waals surface area contributed by atoms with Crippen molar-refractivity contribution in [2.75, 3.05) is 26.2 Å². The van der Waals surface area contributed by atoms with E-state index < -0.39 is 5.54 Å². The smallest absolute Gasteiger partial charge is 0.241 e. The summed E-state index contributed by atoms with van der Waals surface area (Å²) in [4.78, 5) is 15.2. The Labute approximate surface area is 141 Å². The van der Waals surface area contributed by atoms with Gasteiger partial charge in [0.15, 0.2) is 0 Å². The van der Waals surface area contributed by atoms with Crippen LogP contribution in [0.1, 0.15) is 59.8 Å². The molecular weight excluding hydrogens is 290 g/mol. The fraction of sp³-hybridized carbons (Fsp3) is 0.944. The van der Waals surface area contributed by atoms with Crippen LogP contribution in [0.15, 0.2) is 0 Å². The summed E-state index contributed by atoms with van der Waals surface area (Å²) < 4.78 is 5.71. The molecule has 23 heavy (non-hydrogen) atoms. The van der Waals surface area contributed by atoms with E-state index in [9.17, 15) is 4.79 Å². The molecule has 1 amide bonds. The molecule has 2 fully saturated rings. The molecule has 3 N–H and O–H groups in total. The molecule has 0 aromatic rings. The molecule has 1 saturated carbocycles. The van der Waals surface area contributed by atoms with Crippen LogP contribution in [0.2, 0.25) is 0 Å². The van der Waals surface area contributed by atoms with Crippen LogP contribution in [0.3, 0.4) is 0 Å². The molecule has 0 aromatic carbocycles. The Morgan fingerprint density at radius 3 is 2.48 bits per heavy atom. The normalized spacial score (nSPS) is 31.6. The van der Waals surface area contributed by atoms with Crippen LogP contribution in [0, 0.1) is 5.41 Å². The number of likely N-dealkylation sites (tertiary alicyclic amines) is 1. The number of nitrogens with zero attached hydrogens (tertiary/aromatic N) is 1. The van der Waals surface area contributed by atoms with E-state index >= 15 is 0 Å². The van der Waals surface area contributed by atoms with Gasteiger partial charge in [-0.3, -0.25) is 4.79 Å². The average molecular weight is 325 g/mol. The number of nitrogens with one attached hydrogen (secondary N) is 1. The van der Waals surface area contributed by atoms with Crippen molar-refractivity contribution in [3.05, 3.63) is 0 Å². The molecule has 5 nitrogen and oxygen atoms in total. The third-order valence-electron chi connectivity index (χ3n) is 5.99. The highest BCUT2D eigenvalue weighted by Crippen LogP contribution is 2.49. The lowest BCUT2D eigenvalue weighted by molar-refractivity contribution is -0.171. The van der Waals surface area contributed by atoms with E-state index in [0.29, 0.717) is 13.0 Å². The van der Waals surface area contributed by atoms with Gasteiger partial charge in [-0.05, 0) is 32.7 Å². The number of nitrogens with two attached hydrogens (primary N) is 1. The molecule has 1 aliphatic carbocycles. The molecule has 5 heteroatoms. The predicted molar refractivity (Wildman–Crippen MR) is 93.2 cm³/mol. The van der Waals surface area contributed by atoms with Gasteiger partial charge < -0.3 is 20.7 Å². The van der Waals surface area contributed by atoms with Gasteiger partial charge in [-0.25, -0.2) is 0 Å². The molecule has 2 unspecified atom stereocenters. The van der Waals surface area contributed by atoms with Crippen molar-refractivity contribution < 1.29 is 9.53 Å². The topological polar surface area (TPSA) is 67.6 Å². The highest BCUT2D eigenvalue weighted by molar-refractivity contribution is 5.89. The summed E-state index contributed by atoms with van der Waals surface area (Å²) in [5, 5.41) is 3.21. The molecule has 1 aliphatic heterocycles. The third-order valence-corrected chi connectivity index (χ3v) is 5.99. The van der Waals surface area contributed by atoms with Crippen LogP contribution in [0.5, 0.6) is 0 Å². The lowest BCUT2D eigenvalue weighted by atomic mass is 9.54. The predicted octanol–water partition coefficient (Wildman–Crippen LogP) is 1.90. The van der Waals surface area contributed by atoms with Gasteiger partial charge in [-0.1, -0.05) is 27.2 Å². The molecular formula is C18H35N3O2. The van der Waals surface area contributed by atoms with E-state index in [4.69, 9.17) is 10.5 Å². The first-order valence-electron chi connectivity index (χ1n) is 9.29. The molecule has 2 rings (SSSR count). The van der Waals surface area contributed by atoms with Gasteiger partial charge in [-0.2, -0.15) is 0 Å². The quantitative estimate of drug-likeness (QED) is 0.750. The Kier molecular flexibility index (Phi) is 6.09. The summed E-state index contributed by atoms with van der Waals surface area (Å²) in [6.45, 7) is 12.3. The number of piperidine rings is 1. The van der Waals surface area contributed by atoms with Crippen molar-refractivity contribution in [1.29, 1.82) is 0 Å². The Hall–Kier alpha value is -0.650. The third kappa shape index (κ3) is 3.72. The van der Waals surface area contributed by atoms with Gasteiger partial charge in [0.05, 0.1) is 6.10 Å². The molecule has 1 heterocycles. The zero-order valence-corrected chi connectivity index (χ0v) is 15.4. The largest absolute Gasteiger partial charge is 0.378 e. The van der Waals surface area contributed by atoms with Crippen LogP contribution < -0.4 is 11.1 Å².